The number of primary amides is 1. The van der Waals surface area contributed by atoms with Crippen LogP contribution in [0.15, 0.2) is 54.6 Å². The summed E-state index contributed by atoms with van der Waals surface area (Å²) in [5, 5.41) is 0. The number of ether oxygens (including phenoxy) is 1. The number of amides is 1. The van der Waals surface area contributed by atoms with Gasteiger partial charge in [-0.2, -0.15) is 8.78 Å². The van der Waals surface area contributed by atoms with Crippen molar-refractivity contribution in [1.29, 1.82) is 0 Å². The van der Waals surface area contributed by atoms with Gasteiger partial charge in [0.15, 0.2) is 6.10 Å². The van der Waals surface area contributed by atoms with Crippen molar-refractivity contribution in [2.24, 2.45) is 5.73 Å². The molecule has 0 aromatic heterocycles. The van der Waals surface area contributed by atoms with Crippen molar-refractivity contribution in [3.05, 3.63) is 71.3 Å². The number of alkyl halides is 2. The molecule has 3 nitrogen and oxygen atoms in total. The van der Waals surface area contributed by atoms with Crippen LogP contribution < -0.4 is 5.73 Å². The highest BCUT2D eigenvalue weighted by Gasteiger charge is 2.45. The predicted molar refractivity (Wildman–Crippen MR) is 84.3 cm³/mol. The topological polar surface area (TPSA) is 52.3 Å². The second kappa shape index (κ2) is 6.77. The monoisotopic (exact) mass is 319 g/mol. The van der Waals surface area contributed by atoms with E-state index in [0.29, 0.717) is 0 Å². The normalized spacial score (nSPS) is 12.9. The number of hydrogen-bond donors (Lipinski definition) is 1. The van der Waals surface area contributed by atoms with Gasteiger partial charge in [0.05, 0.1) is 0 Å². The van der Waals surface area contributed by atoms with E-state index in [-0.39, 0.29) is 17.0 Å². The van der Waals surface area contributed by atoms with Crippen LogP contribution in [0.3, 0.4) is 0 Å². The molecule has 0 unspecified atom stereocenters. The Kier molecular flexibility index (Phi) is 4.98. The van der Waals surface area contributed by atoms with Crippen molar-refractivity contribution in [1.82, 2.24) is 0 Å². The zero-order valence-corrected chi connectivity index (χ0v) is 13.0. The predicted octanol–water partition coefficient (Wildman–Crippen LogP) is 4.74. The van der Waals surface area contributed by atoms with Gasteiger partial charge in [-0.3, -0.25) is 0 Å². The third kappa shape index (κ3) is 3.86. The number of carbonyl (C=O) groups excluding carboxylic acids is 1. The SMILES string of the molecule is CC(C)c1cccc(C(F)(F)[C@H](OC(N)=O)c2ccccc2)c1. The minimum absolute atomic E-state index is 0.109. The lowest BCUT2D eigenvalue weighted by molar-refractivity contribution is -0.119. The molecule has 1 amide bonds. The van der Waals surface area contributed by atoms with Gasteiger partial charge in [0.25, 0.3) is 0 Å². The molecule has 0 heterocycles. The molecule has 0 aliphatic heterocycles. The van der Waals surface area contributed by atoms with Gasteiger partial charge < -0.3 is 10.5 Å². The van der Waals surface area contributed by atoms with Crippen molar-refractivity contribution < 1.29 is 18.3 Å². The number of halogens is 2. The van der Waals surface area contributed by atoms with Gasteiger partial charge in [-0.1, -0.05) is 62.4 Å². The first-order valence-corrected chi connectivity index (χ1v) is 7.31. The molecule has 1 atom stereocenters. The summed E-state index contributed by atoms with van der Waals surface area (Å²) in [6.45, 7) is 3.84. The van der Waals surface area contributed by atoms with Crippen LogP contribution in [0.1, 0.15) is 42.6 Å². The molecule has 0 fully saturated rings. The van der Waals surface area contributed by atoms with E-state index in [2.05, 4.69) is 0 Å². The third-order valence-corrected chi connectivity index (χ3v) is 3.60. The first-order chi connectivity index (χ1) is 10.8. The molecule has 0 radical (unpaired) electrons. The van der Waals surface area contributed by atoms with Crippen LogP contribution in [0, 0.1) is 0 Å². The Balaban J connectivity index is 2.47. The average Bonchev–Trinajstić information content (AvgIpc) is 2.53. The fourth-order valence-electron chi connectivity index (χ4n) is 2.35. The van der Waals surface area contributed by atoms with Crippen molar-refractivity contribution in [3.8, 4) is 0 Å². The Labute approximate surface area is 134 Å². The van der Waals surface area contributed by atoms with E-state index < -0.39 is 18.1 Å². The first kappa shape index (κ1) is 16.9. The average molecular weight is 319 g/mol. The Hall–Kier alpha value is -2.43. The van der Waals surface area contributed by atoms with Gasteiger partial charge in [-0.05, 0) is 23.1 Å². The molecule has 2 aromatic carbocycles. The maximum absolute atomic E-state index is 15.0. The molecule has 0 spiro atoms. The Morgan fingerprint density at radius 3 is 2.22 bits per heavy atom. The van der Waals surface area contributed by atoms with E-state index in [0.717, 1.165) is 5.56 Å². The zero-order valence-electron chi connectivity index (χ0n) is 13.0. The number of hydrogen-bond acceptors (Lipinski definition) is 2. The van der Waals surface area contributed by atoms with Crippen molar-refractivity contribution >= 4 is 6.09 Å². The standard InChI is InChI=1S/C18H19F2NO2/c1-12(2)14-9-6-10-15(11-14)18(19,20)16(23-17(21)22)13-7-4-3-5-8-13/h3-12,16H,1-2H3,(H2,21,22)/t16-/m1/s1. The van der Waals surface area contributed by atoms with Crippen LogP contribution >= 0.6 is 0 Å². The summed E-state index contributed by atoms with van der Waals surface area (Å²) in [6.07, 6.45) is -3.01. The van der Waals surface area contributed by atoms with Gasteiger partial charge in [0.2, 0.25) is 0 Å². The number of rotatable bonds is 5. The highest BCUT2D eigenvalue weighted by Crippen LogP contribution is 2.43. The van der Waals surface area contributed by atoms with E-state index in [9.17, 15) is 13.6 Å². The summed E-state index contributed by atoms with van der Waals surface area (Å²) in [5.41, 5.74) is 5.75. The van der Waals surface area contributed by atoms with Crippen LogP contribution in [0.5, 0.6) is 0 Å². The number of carbonyl (C=O) groups is 1. The van der Waals surface area contributed by atoms with Crippen LogP contribution in [0.25, 0.3) is 0 Å². The molecule has 5 heteroatoms. The summed E-state index contributed by atoms with van der Waals surface area (Å²) >= 11 is 0. The lowest BCUT2D eigenvalue weighted by Gasteiger charge is -2.27. The fourth-order valence-corrected chi connectivity index (χ4v) is 2.35. The molecule has 0 aliphatic rings. The summed E-state index contributed by atoms with van der Waals surface area (Å²) in [5.74, 6) is -3.29. The largest absolute Gasteiger partial charge is 0.435 e. The molecule has 2 N–H and O–H groups in total. The molecular formula is C18H19F2NO2. The zero-order chi connectivity index (χ0) is 17.0. The smallest absolute Gasteiger partial charge is 0.405 e. The van der Waals surface area contributed by atoms with Crippen molar-refractivity contribution in [2.45, 2.75) is 31.8 Å². The molecule has 0 saturated heterocycles. The molecular weight excluding hydrogens is 300 g/mol. The number of benzene rings is 2. The molecule has 0 bridgehead atoms. The maximum atomic E-state index is 15.0. The van der Waals surface area contributed by atoms with Gasteiger partial charge in [-0.15, -0.1) is 0 Å². The van der Waals surface area contributed by atoms with E-state index in [1.807, 2.05) is 13.8 Å². The summed E-state index contributed by atoms with van der Waals surface area (Å²) < 4.78 is 34.7. The fraction of sp³-hybridized carbons (Fsp3) is 0.278. The molecule has 122 valence electrons. The van der Waals surface area contributed by atoms with E-state index >= 15 is 0 Å². The molecule has 23 heavy (non-hydrogen) atoms. The Bertz CT molecular complexity index is 672. The minimum Gasteiger partial charge on any atom is -0.435 e. The van der Waals surface area contributed by atoms with Gasteiger partial charge in [0, 0.05) is 5.56 Å². The second-order valence-electron chi connectivity index (χ2n) is 5.63. The van der Waals surface area contributed by atoms with Crippen LogP contribution in [0.2, 0.25) is 0 Å². The highest BCUT2D eigenvalue weighted by molar-refractivity contribution is 5.65. The molecule has 0 aliphatic carbocycles. The van der Waals surface area contributed by atoms with Crippen molar-refractivity contribution in [2.75, 3.05) is 0 Å². The highest BCUT2D eigenvalue weighted by atomic mass is 19.3. The summed E-state index contributed by atoms with van der Waals surface area (Å²) in [6, 6.07) is 14.0. The van der Waals surface area contributed by atoms with Crippen LogP contribution in [-0.4, -0.2) is 6.09 Å². The van der Waals surface area contributed by atoms with Crippen LogP contribution in [-0.2, 0) is 10.7 Å². The molecule has 2 aromatic rings. The van der Waals surface area contributed by atoms with Crippen LogP contribution in [0.4, 0.5) is 13.6 Å². The Morgan fingerprint density at radius 1 is 1.04 bits per heavy atom. The first-order valence-electron chi connectivity index (χ1n) is 7.31. The minimum atomic E-state index is -3.40. The molecule has 2 rings (SSSR count). The lowest BCUT2D eigenvalue weighted by atomic mass is 9.93. The van der Waals surface area contributed by atoms with E-state index in [4.69, 9.17) is 10.5 Å². The summed E-state index contributed by atoms with van der Waals surface area (Å²) in [7, 11) is 0. The maximum Gasteiger partial charge on any atom is 0.405 e. The van der Waals surface area contributed by atoms with Gasteiger partial charge >= 0.3 is 12.0 Å². The summed E-state index contributed by atoms with van der Waals surface area (Å²) in [4.78, 5) is 11.1. The lowest BCUT2D eigenvalue weighted by Crippen LogP contribution is -2.30. The van der Waals surface area contributed by atoms with Gasteiger partial charge in [-0.25, -0.2) is 4.79 Å². The quantitative estimate of drug-likeness (QED) is 0.865. The van der Waals surface area contributed by atoms with Crippen molar-refractivity contribution in [3.63, 3.8) is 0 Å². The molecule has 0 saturated carbocycles. The van der Waals surface area contributed by atoms with E-state index in [1.165, 1.54) is 24.3 Å². The number of nitrogens with two attached hydrogens (primary N) is 1. The van der Waals surface area contributed by atoms with Gasteiger partial charge in [0.1, 0.15) is 0 Å². The van der Waals surface area contributed by atoms with E-state index in [1.54, 1.807) is 30.3 Å². The second-order valence-corrected chi connectivity index (χ2v) is 5.63. The third-order valence-electron chi connectivity index (χ3n) is 3.60. The Morgan fingerprint density at radius 2 is 1.65 bits per heavy atom.